The summed E-state index contributed by atoms with van der Waals surface area (Å²) in [5, 5.41) is 0.0834. The zero-order valence-corrected chi connectivity index (χ0v) is 14.4. The van der Waals surface area contributed by atoms with Crippen LogP contribution in [0.4, 0.5) is 0 Å². The number of cyclic esters (lactones) is 1. The van der Waals surface area contributed by atoms with Crippen LogP contribution in [0.15, 0.2) is 30.3 Å². The van der Waals surface area contributed by atoms with Gasteiger partial charge in [0.1, 0.15) is 6.10 Å². The summed E-state index contributed by atoms with van der Waals surface area (Å²) < 4.78 is 5.25. The van der Waals surface area contributed by atoms with Crippen LogP contribution in [-0.4, -0.2) is 11.8 Å². The normalized spacial score (nSPS) is 16.2. The van der Waals surface area contributed by atoms with E-state index in [1.807, 2.05) is 0 Å². The van der Waals surface area contributed by atoms with Crippen molar-refractivity contribution in [1.29, 1.82) is 0 Å². The van der Waals surface area contributed by atoms with Crippen LogP contribution in [0.25, 0.3) is 0 Å². The molecule has 118 valence electrons. The van der Waals surface area contributed by atoms with Gasteiger partial charge in [0.15, 0.2) is 5.78 Å². The van der Waals surface area contributed by atoms with E-state index in [2.05, 4.69) is 0 Å². The first-order valence-corrected chi connectivity index (χ1v) is 8.08. The zero-order valence-electron chi connectivity index (χ0n) is 11.4. The number of hydrogen-bond donors (Lipinski definition) is 0. The van der Waals surface area contributed by atoms with Gasteiger partial charge in [0.25, 0.3) is 0 Å². The molecule has 0 amide bonds. The highest BCUT2D eigenvalue weighted by atomic mass is 35.5. The van der Waals surface area contributed by atoms with E-state index >= 15 is 0 Å². The summed E-state index contributed by atoms with van der Waals surface area (Å²) in [7, 11) is 0. The smallest absolute Gasteiger partial charge is 0.340 e. The van der Waals surface area contributed by atoms with Crippen LogP contribution in [0, 0.1) is 0 Å². The summed E-state index contributed by atoms with van der Waals surface area (Å²) in [5.74, 6) is -0.856. The number of ether oxygens (including phenoxy) is 1. The van der Waals surface area contributed by atoms with Gasteiger partial charge < -0.3 is 4.74 Å². The maximum absolute atomic E-state index is 12.3. The number of esters is 1. The highest BCUT2D eigenvalue weighted by Gasteiger charge is 2.39. The quantitative estimate of drug-likeness (QED) is 0.289. The van der Waals surface area contributed by atoms with Gasteiger partial charge >= 0.3 is 5.97 Å². The van der Waals surface area contributed by atoms with Gasteiger partial charge in [0, 0.05) is 11.1 Å². The Labute approximate surface area is 152 Å². The van der Waals surface area contributed by atoms with Gasteiger partial charge in [-0.05, 0) is 0 Å². The number of carbonyl (C=O) groups is 2. The lowest BCUT2D eigenvalue weighted by Gasteiger charge is -2.13. The maximum atomic E-state index is 12.3. The SMILES string of the molecule is O=C(CC1OC(=O)c2c(Cl)c(Cl)c(Cl)c(Cl)c21)c1ccccc1. The molecule has 1 unspecified atom stereocenters. The second-order valence-corrected chi connectivity index (χ2v) is 6.44. The van der Waals surface area contributed by atoms with E-state index in [-0.39, 0.29) is 37.9 Å². The Kier molecular flexibility index (Phi) is 4.56. The highest BCUT2D eigenvalue weighted by molar-refractivity contribution is 6.53. The van der Waals surface area contributed by atoms with E-state index in [0.717, 1.165) is 0 Å². The predicted molar refractivity (Wildman–Crippen MR) is 90.0 cm³/mol. The van der Waals surface area contributed by atoms with E-state index < -0.39 is 12.1 Å². The molecule has 3 rings (SSSR count). The third-order valence-electron chi connectivity index (χ3n) is 3.55. The minimum Gasteiger partial charge on any atom is -0.453 e. The van der Waals surface area contributed by atoms with Gasteiger partial charge in [0.05, 0.1) is 32.1 Å². The Morgan fingerprint density at radius 1 is 0.957 bits per heavy atom. The van der Waals surface area contributed by atoms with E-state index in [9.17, 15) is 9.59 Å². The Balaban J connectivity index is 2.01. The lowest BCUT2D eigenvalue weighted by atomic mass is 9.98. The highest BCUT2D eigenvalue weighted by Crippen LogP contribution is 2.48. The Bertz CT molecular complexity index is 818. The van der Waals surface area contributed by atoms with Gasteiger partial charge in [-0.2, -0.15) is 0 Å². The number of halogens is 4. The third kappa shape index (κ3) is 2.83. The molecular weight excluding hydrogens is 382 g/mol. The summed E-state index contributed by atoms with van der Waals surface area (Å²) in [6, 6.07) is 8.68. The van der Waals surface area contributed by atoms with Gasteiger partial charge in [0.2, 0.25) is 0 Å². The number of fused-ring (bicyclic) bond motifs is 1. The van der Waals surface area contributed by atoms with Crippen LogP contribution in [0.3, 0.4) is 0 Å². The molecule has 0 aliphatic carbocycles. The second-order valence-electron chi connectivity index (χ2n) is 4.93. The van der Waals surface area contributed by atoms with Gasteiger partial charge in [-0.1, -0.05) is 76.7 Å². The Morgan fingerprint density at radius 2 is 1.57 bits per heavy atom. The van der Waals surface area contributed by atoms with Crippen molar-refractivity contribution in [2.45, 2.75) is 12.5 Å². The molecule has 1 atom stereocenters. The van der Waals surface area contributed by atoms with Crippen molar-refractivity contribution >= 4 is 58.2 Å². The lowest BCUT2D eigenvalue weighted by molar-refractivity contribution is 0.0367. The van der Waals surface area contributed by atoms with Crippen molar-refractivity contribution in [1.82, 2.24) is 0 Å². The fourth-order valence-corrected chi connectivity index (χ4v) is 3.52. The fraction of sp³-hybridized carbons (Fsp3) is 0.125. The average molecular weight is 390 g/mol. The molecule has 1 aliphatic rings. The summed E-state index contributed by atoms with van der Waals surface area (Å²) in [5.41, 5.74) is 0.886. The van der Waals surface area contributed by atoms with Crippen LogP contribution >= 0.6 is 46.4 Å². The number of carbonyl (C=O) groups excluding carboxylic acids is 2. The first kappa shape index (κ1) is 16.6. The van der Waals surface area contributed by atoms with Crippen molar-refractivity contribution < 1.29 is 14.3 Å². The molecule has 3 nitrogen and oxygen atoms in total. The largest absolute Gasteiger partial charge is 0.453 e. The van der Waals surface area contributed by atoms with Crippen molar-refractivity contribution in [3.05, 3.63) is 67.1 Å². The maximum Gasteiger partial charge on any atom is 0.340 e. The molecule has 0 bridgehead atoms. The number of Topliss-reactive ketones (excluding diaryl/α,β-unsaturated/α-hetero) is 1. The molecule has 0 saturated carbocycles. The predicted octanol–water partition coefficient (Wildman–Crippen LogP) is 5.78. The first-order valence-electron chi connectivity index (χ1n) is 6.57. The van der Waals surface area contributed by atoms with Crippen LogP contribution < -0.4 is 0 Å². The van der Waals surface area contributed by atoms with Crippen LogP contribution in [0.1, 0.15) is 38.8 Å². The van der Waals surface area contributed by atoms with Gasteiger partial charge in [-0.25, -0.2) is 4.79 Å². The summed E-state index contributed by atoms with van der Waals surface area (Å²) in [6.07, 6.45) is -0.901. The van der Waals surface area contributed by atoms with E-state index in [1.165, 1.54) is 0 Å². The van der Waals surface area contributed by atoms with Crippen molar-refractivity contribution in [3.8, 4) is 0 Å². The minimum absolute atomic E-state index is 0.0101. The molecule has 2 aromatic carbocycles. The summed E-state index contributed by atoms with van der Waals surface area (Å²) >= 11 is 24.2. The molecule has 1 heterocycles. The Hall–Kier alpha value is -1.26. The van der Waals surface area contributed by atoms with Gasteiger partial charge in [-0.15, -0.1) is 0 Å². The Morgan fingerprint density at radius 3 is 2.22 bits per heavy atom. The van der Waals surface area contributed by atoms with Crippen LogP contribution in [-0.2, 0) is 4.74 Å². The van der Waals surface area contributed by atoms with Crippen molar-refractivity contribution in [3.63, 3.8) is 0 Å². The summed E-state index contributed by atoms with van der Waals surface area (Å²) in [4.78, 5) is 24.4. The number of rotatable bonds is 3. The molecule has 2 aromatic rings. The van der Waals surface area contributed by atoms with Gasteiger partial charge in [-0.3, -0.25) is 4.79 Å². The number of ketones is 1. The molecular formula is C16H8Cl4O3. The lowest BCUT2D eigenvalue weighted by Crippen LogP contribution is -2.08. The topological polar surface area (TPSA) is 43.4 Å². The molecule has 7 heteroatoms. The van der Waals surface area contributed by atoms with Crippen LogP contribution in [0.2, 0.25) is 20.1 Å². The van der Waals surface area contributed by atoms with E-state index in [1.54, 1.807) is 30.3 Å². The first-order chi connectivity index (χ1) is 10.9. The number of hydrogen-bond acceptors (Lipinski definition) is 3. The second kappa shape index (κ2) is 6.33. The average Bonchev–Trinajstić information content (AvgIpc) is 2.87. The van der Waals surface area contributed by atoms with Crippen molar-refractivity contribution in [2.75, 3.05) is 0 Å². The third-order valence-corrected chi connectivity index (χ3v) is 5.36. The molecule has 0 fully saturated rings. The molecule has 23 heavy (non-hydrogen) atoms. The molecule has 0 aromatic heterocycles. The molecule has 1 aliphatic heterocycles. The molecule has 0 spiro atoms. The fourth-order valence-electron chi connectivity index (χ4n) is 2.45. The summed E-state index contributed by atoms with van der Waals surface area (Å²) in [6.45, 7) is 0. The van der Waals surface area contributed by atoms with Crippen LogP contribution in [0.5, 0.6) is 0 Å². The standard InChI is InChI=1S/C16H8Cl4O3/c17-12-10-9(6-8(21)7-4-2-1-3-5-7)23-16(22)11(10)13(18)15(20)14(12)19/h1-5,9H,6H2. The van der Waals surface area contributed by atoms with Crippen molar-refractivity contribution in [2.24, 2.45) is 0 Å². The zero-order chi connectivity index (χ0) is 16.7. The molecule has 0 radical (unpaired) electrons. The van der Waals surface area contributed by atoms with E-state index in [4.69, 9.17) is 51.1 Å². The monoisotopic (exact) mass is 388 g/mol. The van der Waals surface area contributed by atoms with E-state index in [0.29, 0.717) is 11.1 Å². The number of benzene rings is 2. The minimum atomic E-state index is -0.843. The molecule has 0 saturated heterocycles. The molecule has 0 N–H and O–H groups in total.